The molecule has 2 rings (SSSR count). The Labute approximate surface area is 113 Å². The molecule has 1 amide bonds. The molecule has 1 aromatic rings. The van der Waals surface area contributed by atoms with E-state index in [1.54, 1.807) is 18.4 Å². The highest BCUT2D eigenvalue weighted by Crippen LogP contribution is 2.33. The van der Waals surface area contributed by atoms with Crippen LogP contribution in [0.1, 0.15) is 38.5 Å². The van der Waals surface area contributed by atoms with E-state index in [2.05, 4.69) is 8.52 Å². The van der Waals surface area contributed by atoms with E-state index in [1.807, 2.05) is 29.1 Å². The molecule has 1 aliphatic rings. The molecule has 5 heteroatoms. The van der Waals surface area contributed by atoms with Crippen LogP contribution >= 0.6 is 34.2 Å². The van der Waals surface area contributed by atoms with E-state index in [0.29, 0.717) is 0 Å². The Morgan fingerprint density at radius 3 is 2.94 bits per heavy atom. The van der Waals surface area contributed by atoms with Gasteiger partial charge in [0.15, 0.2) is 0 Å². The predicted molar refractivity (Wildman–Crippen MR) is 76.0 cm³/mol. The third-order valence-corrected chi connectivity index (χ3v) is 4.41. The Morgan fingerprint density at radius 2 is 2.25 bits per heavy atom. The largest absolute Gasteiger partial charge is 0.354 e. The van der Waals surface area contributed by atoms with E-state index in [4.69, 9.17) is 0 Å². The Balaban J connectivity index is 2.51. The first-order valence-corrected chi connectivity index (χ1v) is 7.07. The lowest BCUT2D eigenvalue weighted by molar-refractivity contribution is 0.0967. The lowest BCUT2D eigenvalue weighted by atomic mass is 9.95. The van der Waals surface area contributed by atoms with Gasteiger partial charge in [-0.05, 0) is 31.2 Å². The van der Waals surface area contributed by atoms with Gasteiger partial charge in [0.2, 0.25) is 0 Å². The quantitative estimate of drug-likeness (QED) is 0.648. The van der Waals surface area contributed by atoms with Crippen molar-refractivity contribution in [2.24, 2.45) is 3.21 Å². The van der Waals surface area contributed by atoms with Crippen LogP contribution in [0.25, 0.3) is 0 Å². The van der Waals surface area contributed by atoms with Crippen molar-refractivity contribution in [2.75, 3.05) is 7.05 Å². The fraction of sp³-hybridized carbons (Fsp3) is 0.455. The second kappa shape index (κ2) is 5.27. The zero-order valence-electron chi connectivity index (χ0n) is 9.05. The van der Waals surface area contributed by atoms with E-state index in [0.717, 1.165) is 23.3 Å². The molecular weight excluding hydrogens is 335 g/mol. The minimum absolute atomic E-state index is 0.00528. The van der Waals surface area contributed by atoms with Crippen molar-refractivity contribution in [3.63, 3.8) is 0 Å². The number of thiophene rings is 1. The lowest BCUT2D eigenvalue weighted by Gasteiger charge is -2.10. The van der Waals surface area contributed by atoms with Crippen LogP contribution in [-0.4, -0.2) is 19.2 Å². The third-order valence-electron chi connectivity index (χ3n) is 2.82. The fourth-order valence-corrected chi connectivity index (χ4v) is 3.65. The molecule has 3 nitrogen and oxygen atoms in total. The Morgan fingerprint density at radius 1 is 1.50 bits per heavy atom. The molecule has 86 valence electrons. The van der Waals surface area contributed by atoms with Gasteiger partial charge in [-0.3, -0.25) is 4.79 Å². The summed E-state index contributed by atoms with van der Waals surface area (Å²) < 4.78 is 4.04. The third kappa shape index (κ3) is 2.15. The maximum atomic E-state index is 11.8. The van der Waals surface area contributed by atoms with Crippen LogP contribution in [0.5, 0.6) is 0 Å². The molecule has 0 unspecified atom stereocenters. The maximum absolute atomic E-state index is 11.8. The molecule has 0 radical (unpaired) electrons. The molecule has 0 aliphatic heterocycles. The number of aryl methyl sites for hydroxylation is 1. The standard InChI is InChI=1S/C11H13IN2OS/c1-13-11(15)10-8(6-14-12)7-4-2-3-5-9(7)16-10/h6H,2-5H2,1H3,(H,13,15). The summed E-state index contributed by atoms with van der Waals surface area (Å²) in [4.78, 5) is 13.9. The molecule has 0 spiro atoms. The summed E-state index contributed by atoms with van der Waals surface area (Å²) in [5, 5.41) is 2.70. The van der Waals surface area contributed by atoms with Crippen LogP contribution in [0.2, 0.25) is 0 Å². The monoisotopic (exact) mass is 348 g/mol. The summed E-state index contributed by atoms with van der Waals surface area (Å²) in [6.45, 7) is 0. The van der Waals surface area contributed by atoms with Crippen molar-refractivity contribution in [2.45, 2.75) is 25.7 Å². The van der Waals surface area contributed by atoms with E-state index in [1.165, 1.54) is 23.3 Å². The summed E-state index contributed by atoms with van der Waals surface area (Å²) in [5.41, 5.74) is 2.38. The zero-order chi connectivity index (χ0) is 11.5. The molecule has 0 saturated carbocycles. The highest BCUT2D eigenvalue weighted by atomic mass is 127. The number of carbonyl (C=O) groups is 1. The van der Waals surface area contributed by atoms with Crippen LogP contribution in [-0.2, 0) is 12.8 Å². The van der Waals surface area contributed by atoms with Crippen molar-refractivity contribution in [1.29, 1.82) is 0 Å². The normalized spacial score (nSPS) is 15.1. The first-order valence-electron chi connectivity index (χ1n) is 5.29. The topological polar surface area (TPSA) is 41.5 Å². The second-order valence-corrected chi connectivity index (χ2v) is 5.42. The minimum Gasteiger partial charge on any atom is -0.354 e. The van der Waals surface area contributed by atoms with Crippen molar-refractivity contribution >= 4 is 46.3 Å². The molecule has 0 bridgehead atoms. The highest BCUT2D eigenvalue weighted by molar-refractivity contribution is 14.1. The van der Waals surface area contributed by atoms with E-state index < -0.39 is 0 Å². The summed E-state index contributed by atoms with van der Waals surface area (Å²) in [5.74, 6) is 0.00528. The first-order chi connectivity index (χ1) is 7.77. The van der Waals surface area contributed by atoms with Crippen molar-refractivity contribution in [3.05, 3.63) is 20.9 Å². The van der Waals surface area contributed by atoms with Crippen molar-refractivity contribution in [3.8, 4) is 0 Å². The van der Waals surface area contributed by atoms with Crippen molar-refractivity contribution in [1.82, 2.24) is 5.32 Å². The minimum atomic E-state index is 0.00528. The van der Waals surface area contributed by atoms with Gasteiger partial charge >= 0.3 is 0 Å². The number of nitrogens with one attached hydrogen (secondary N) is 1. The zero-order valence-corrected chi connectivity index (χ0v) is 12.0. The smallest absolute Gasteiger partial charge is 0.261 e. The highest BCUT2D eigenvalue weighted by Gasteiger charge is 2.22. The van der Waals surface area contributed by atoms with Gasteiger partial charge < -0.3 is 5.32 Å². The summed E-state index contributed by atoms with van der Waals surface area (Å²) in [6, 6.07) is 0. The number of nitrogens with zero attached hydrogens (tertiary/aromatic N) is 1. The molecule has 0 saturated heterocycles. The van der Waals surface area contributed by atoms with Gasteiger partial charge in [0.1, 0.15) is 4.88 Å². The van der Waals surface area contributed by atoms with Crippen LogP contribution in [0, 0.1) is 0 Å². The van der Waals surface area contributed by atoms with Crippen LogP contribution in [0.3, 0.4) is 0 Å². The fourth-order valence-electron chi connectivity index (χ4n) is 2.06. The second-order valence-electron chi connectivity index (χ2n) is 3.76. The van der Waals surface area contributed by atoms with E-state index in [-0.39, 0.29) is 5.91 Å². The summed E-state index contributed by atoms with van der Waals surface area (Å²) >= 11 is 3.59. The van der Waals surface area contributed by atoms with E-state index >= 15 is 0 Å². The van der Waals surface area contributed by atoms with Crippen molar-refractivity contribution < 1.29 is 4.79 Å². The number of carbonyl (C=O) groups excluding carboxylic acids is 1. The molecular formula is C11H13IN2OS. The average molecular weight is 348 g/mol. The van der Waals surface area contributed by atoms with Crippen LogP contribution in [0.15, 0.2) is 3.21 Å². The SMILES string of the molecule is CNC(=O)c1sc2c(c1C=NI)CCCC2. The van der Waals surface area contributed by atoms with Crippen LogP contribution < -0.4 is 5.32 Å². The van der Waals surface area contributed by atoms with Gasteiger partial charge in [-0.2, -0.15) is 0 Å². The van der Waals surface area contributed by atoms with Gasteiger partial charge in [-0.1, -0.05) is 0 Å². The van der Waals surface area contributed by atoms with Gasteiger partial charge in [0, 0.05) is 23.7 Å². The van der Waals surface area contributed by atoms with Gasteiger partial charge in [0.05, 0.1) is 22.9 Å². The summed E-state index contributed by atoms with van der Waals surface area (Å²) in [6.07, 6.45) is 6.46. The molecule has 0 atom stereocenters. The van der Waals surface area contributed by atoms with E-state index in [9.17, 15) is 4.79 Å². The summed E-state index contributed by atoms with van der Waals surface area (Å²) in [7, 11) is 1.67. The number of hydrogen-bond donors (Lipinski definition) is 1. The number of hydrogen-bond acceptors (Lipinski definition) is 3. The predicted octanol–water partition coefficient (Wildman–Crippen LogP) is 2.76. The average Bonchev–Trinajstić information content (AvgIpc) is 2.68. The molecule has 0 fully saturated rings. The molecule has 0 aromatic carbocycles. The lowest BCUT2D eigenvalue weighted by Crippen LogP contribution is -2.18. The van der Waals surface area contributed by atoms with Gasteiger partial charge in [-0.15, -0.1) is 11.3 Å². The number of rotatable bonds is 2. The maximum Gasteiger partial charge on any atom is 0.261 e. The molecule has 1 aliphatic carbocycles. The number of halogens is 1. The Hall–Kier alpha value is -0.430. The van der Waals surface area contributed by atoms with Crippen LogP contribution in [0.4, 0.5) is 0 Å². The molecule has 1 heterocycles. The first kappa shape index (κ1) is 12.0. The van der Waals surface area contributed by atoms with Gasteiger partial charge in [0.25, 0.3) is 5.91 Å². The Kier molecular flexibility index (Phi) is 3.96. The molecule has 1 N–H and O–H groups in total. The number of fused-ring (bicyclic) bond motifs is 1. The number of amides is 1. The molecule has 1 aromatic heterocycles. The van der Waals surface area contributed by atoms with Gasteiger partial charge in [-0.25, -0.2) is 3.21 Å². The Bertz CT molecular complexity index is 439. The molecule has 16 heavy (non-hydrogen) atoms.